The maximum absolute atomic E-state index is 11.1. The van der Waals surface area contributed by atoms with E-state index in [-0.39, 0.29) is 0 Å². The van der Waals surface area contributed by atoms with E-state index < -0.39 is 24.0 Å². The predicted molar refractivity (Wildman–Crippen MR) is 42.1 cm³/mol. The second-order valence-electron chi connectivity index (χ2n) is 3.32. The van der Waals surface area contributed by atoms with Crippen LogP contribution in [0.5, 0.6) is 0 Å². The lowest BCUT2D eigenvalue weighted by atomic mass is 10.2. The molecule has 0 amide bonds. The van der Waals surface area contributed by atoms with E-state index >= 15 is 0 Å². The maximum Gasteiger partial charge on any atom is 0.308 e. The summed E-state index contributed by atoms with van der Waals surface area (Å²) in [6, 6.07) is 0. The second kappa shape index (κ2) is 3.72. The lowest BCUT2D eigenvalue weighted by molar-refractivity contribution is -0.156. The summed E-state index contributed by atoms with van der Waals surface area (Å²) in [7, 11) is 0. The molecule has 0 aliphatic heterocycles. The Morgan fingerprint density at radius 1 is 1.82 bits per heavy atom. The van der Waals surface area contributed by atoms with Gasteiger partial charge in [0.2, 0.25) is 0 Å². The van der Waals surface area contributed by atoms with Crippen molar-refractivity contribution in [3.05, 3.63) is 0 Å². The highest BCUT2D eigenvalue weighted by molar-refractivity contribution is 5.70. The fraction of sp³-hybridized carbons (Fsp3) is 0.875. The summed E-state index contributed by atoms with van der Waals surface area (Å²) in [6.45, 7) is 6.07. The molecule has 0 aromatic rings. The van der Waals surface area contributed by atoms with Gasteiger partial charge in [-0.25, -0.2) is 0 Å². The maximum atomic E-state index is 11.1. The highest BCUT2D eigenvalue weighted by Crippen LogP contribution is 2.08. The standard InChI is InChI=1S/C8H16O3/c1-6(9)5-7(10)11-8(2,3)4/h6,9H,5H2,1-4H3/t6-/m1/s1/i5D,6D/t5-,6+/m0. The first-order chi connectivity index (χ1) is 5.54. The molecule has 2 atom stereocenters. The highest BCUT2D eigenvalue weighted by Gasteiger charge is 2.17. The van der Waals surface area contributed by atoms with Gasteiger partial charge in [0.05, 0.1) is 13.8 Å². The van der Waals surface area contributed by atoms with E-state index in [4.69, 9.17) is 12.6 Å². The molecule has 0 spiro atoms. The van der Waals surface area contributed by atoms with Gasteiger partial charge >= 0.3 is 5.97 Å². The zero-order valence-corrected chi connectivity index (χ0v) is 7.34. The van der Waals surface area contributed by atoms with Crippen molar-refractivity contribution in [3.63, 3.8) is 0 Å². The molecular weight excluding hydrogens is 144 g/mol. The van der Waals surface area contributed by atoms with E-state index in [2.05, 4.69) is 0 Å². The van der Waals surface area contributed by atoms with Crippen LogP contribution >= 0.6 is 0 Å². The van der Waals surface area contributed by atoms with E-state index in [0.29, 0.717) is 0 Å². The van der Waals surface area contributed by atoms with Crippen molar-refractivity contribution in [1.29, 1.82) is 0 Å². The number of hydrogen-bond donors (Lipinski definition) is 1. The largest absolute Gasteiger partial charge is 0.460 e. The average Bonchev–Trinajstić information content (AvgIpc) is 1.79. The smallest absolute Gasteiger partial charge is 0.308 e. The molecule has 0 fully saturated rings. The third-order valence-electron chi connectivity index (χ3n) is 0.734. The number of ether oxygens (including phenoxy) is 1. The SMILES string of the molecule is [2H][C@H](C(=O)OC(C)(C)C)[C@@]([2H])(C)O. The molecule has 3 heteroatoms. The van der Waals surface area contributed by atoms with Gasteiger partial charge in [-0.05, 0) is 27.7 Å². The fourth-order valence-electron chi connectivity index (χ4n) is 0.502. The van der Waals surface area contributed by atoms with Crippen molar-refractivity contribution >= 4 is 5.97 Å². The van der Waals surface area contributed by atoms with E-state index in [1.807, 2.05) is 0 Å². The van der Waals surface area contributed by atoms with Gasteiger partial charge in [0.15, 0.2) is 0 Å². The van der Waals surface area contributed by atoms with E-state index in [1.54, 1.807) is 20.8 Å². The average molecular weight is 162 g/mol. The number of aliphatic hydroxyl groups is 1. The zero-order chi connectivity index (χ0) is 10.9. The number of hydrogen-bond acceptors (Lipinski definition) is 3. The van der Waals surface area contributed by atoms with Crippen LogP contribution in [0.25, 0.3) is 0 Å². The Kier molecular flexibility index (Phi) is 2.40. The fourth-order valence-corrected chi connectivity index (χ4v) is 0.502. The summed E-state index contributed by atoms with van der Waals surface area (Å²) in [4.78, 5) is 11.1. The van der Waals surface area contributed by atoms with Gasteiger partial charge in [-0.15, -0.1) is 0 Å². The third kappa shape index (κ3) is 7.33. The molecule has 0 aromatic carbocycles. The van der Waals surface area contributed by atoms with Gasteiger partial charge < -0.3 is 9.84 Å². The molecule has 0 aliphatic rings. The van der Waals surface area contributed by atoms with Gasteiger partial charge in [0.1, 0.15) is 5.60 Å². The van der Waals surface area contributed by atoms with Gasteiger partial charge in [0.25, 0.3) is 0 Å². The molecular formula is C8H16O3. The summed E-state index contributed by atoms with van der Waals surface area (Å²) >= 11 is 0. The van der Waals surface area contributed by atoms with Crippen molar-refractivity contribution in [1.82, 2.24) is 0 Å². The van der Waals surface area contributed by atoms with Crippen LogP contribution in [0.3, 0.4) is 0 Å². The van der Waals surface area contributed by atoms with Crippen LogP contribution in [-0.4, -0.2) is 22.8 Å². The van der Waals surface area contributed by atoms with Gasteiger partial charge in [-0.2, -0.15) is 0 Å². The summed E-state index contributed by atoms with van der Waals surface area (Å²) in [5, 5.41) is 9.03. The lowest BCUT2D eigenvalue weighted by Gasteiger charge is -2.19. The van der Waals surface area contributed by atoms with Crippen molar-refractivity contribution in [2.45, 2.75) is 45.8 Å². The molecule has 1 N–H and O–H groups in total. The molecule has 0 unspecified atom stereocenters. The number of rotatable bonds is 2. The number of carbonyl (C=O) groups excluding carboxylic acids is 1. The Morgan fingerprint density at radius 2 is 2.27 bits per heavy atom. The van der Waals surface area contributed by atoms with Crippen LogP contribution in [0, 0.1) is 0 Å². The van der Waals surface area contributed by atoms with Crippen LogP contribution in [-0.2, 0) is 9.53 Å². The van der Waals surface area contributed by atoms with Crippen LogP contribution in [0.4, 0.5) is 0 Å². The van der Waals surface area contributed by atoms with Gasteiger partial charge in [-0.3, -0.25) is 4.79 Å². The monoisotopic (exact) mass is 162 g/mol. The molecule has 3 nitrogen and oxygen atoms in total. The first kappa shape index (κ1) is 7.10. The minimum Gasteiger partial charge on any atom is -0.460 e. The first-order valence-electron chi connectivity index (χ1n) is 4.49. The Bertz CT molecular complexity index is 191. The number of carbonyl (C=O) groups is 1. The summed E-state index contributed by atoms with van der Waals surface area (Å²) in [6.07, 6.45) is -3.70. The lowest BCUT2D eigenvalue weighted by Crippen LogP contribution is -2.25. The minimum atomic E-state index is -2.11. The molecule has 0 rings (SSSR count). The molecule has 0 aromatic heterocycles. The number of esters is 1. The summed E-state index contributed by atoms with van der Waals surface area (Å²) in [5.41, 5.74) is -0.693. The topological polar surface area (TPSA) is 46.5 Å². The molecule has 0 bridgehead atoms. The molecule has 0 saturated carbocycles. The second-order valence-corrected chi connectivity index (χ2v) is 3.32. The highest BCUT2D eigenvalue weighted by atomic mass is 16.6. The van der Waals surface area contributed by atoms with Crippen LogP contribution in [0.2, 0.25) is 0 Å². The molecule has 0 radical (unpaired) electrons. The van der Waals surface area contributed by atoms with Crippen LogP contribution in [0.15, 0.2) is 0 Å². The first-order valence-corrected chi connectivity index (χ1v) is 3.41. The molecule has 11 heavy (non-hydrogen) atoms. The predicted octanol–water partition coefficient (Wildman–Crippen LogP) is 1.10. The normalized spacial score (nSPS) is 22.6. The van der Waals surface area contributed by atoms with Crippen molar-refractivity contribution in [2.75, 3.05) is 0 Å². The van der Waals surface area contributed by atoms with E-state index in [1.165, 1.54) is 0 Å². The van der Waals surface area contributed by atoms with Crippen LogP contribution in [0.1, 0.15) is 36.8 Å². The molecule has 0 saturated heterocycles. The Hall–Kier alpha value is -0.570. The van der Waals surface area contributed by atoms with E-state index in [9.17, 15) is 4.79 Å². The summed E-state index contributed by atoms with van der Waals surface area (Å²) in [5.74, 6) is -0.882. The van der Waals surface area contributed by atoms with Gasteiger partial charge in [0, 0.05) is 1.37 Å². The molecule has 0 heterocycles. The molecule has 66 valence electrons. The minimum absolute atomic E-state index is 0.693. The van der Waals surface area contributed by atoms with Crippen LogP contribution < -0.4 is 0 Å². The van der Waals surface area contributed by atoms with Crippen molar-refractivity contribution < 1.29 is 17.4 Å². The summed E-state index contributed by atoms with van der Waals surface area (Å²) < 4.78 is 19.1. The quantitative estimate of drug-likeness (QED) is 0.618. The van der Waals surface area contributed by atoms with E-state index in [0.717, 1.165) is 6.92 Å². The third-order valence-corrected chi connectivity index (χ3v) is 0.734. The van der Waals surface area contributed by atoms with Crippen molar-refractivity contribution in [3.8, 4) is 0 Å². The Balaban J connectivity index is 4.30. The van der Waals surface area contributed by atoms with Gasteiger partial charge in [-0.1, -0.05) is 0 Å². The van der Waals surface area contributed by atoms with Crippen molar-refractivity contribution in [2.24, 2.45) is 0 Å². The molecule has 0 aliphatic carbocycles. The Labute approximate surface area is 70.2 Å². The zero-order valence-electron chi connectivity index (χ0n) is 9.34. The Morgan fingerprint density at radius 3 is 2.55 bits per heavy atom.